The lowest BCUT2D eigenvalue weighted by Crippen LogP contribution is -2.36. The quantitative estimate of drug-likeness (QED) is 0.463. The first-order chi connectivity index (χ1) is 12.2. The van der Waals surface area contributed by atoms with Gasteiger partial charge in [-0.05, 0) is 58.5 Å². The van der Waals surface area contributed by atoms with Gasteiger partial charge in [0.05, 0.1) is 11.7 Å². The second kappa shape index (κ2) is 8.09. The maximum Gasteiger partial charge on any atom is 0.262 e. The third-order valence-electron chi connectivity index (χ3n) is 4.46. The van der Waals surface area contributed by atoms with Crippen LogP contribution in [-0.2, 0) is 4.79 Å². The minimum atomic E-state index is -0.356. The van der Waals surface area contributed by atoms with Crippen LogP contribution < -0.4 is 5.32 Å². The predicted octanol–water partition coefficient (Wildman–Crippen LogP) is 4.41. The molecule has 1 aromatic heterocycles. The number of amides is 1. The second-order valence-corrected chi connectivity index (χ2v) is 6.92. The molecule has 0 unspecified atom stereocenters. The van der Waals surface area contributed by atoms with E-state index in [-0.39, 0.29) is 17.5 Å². The van der Waals surface area contributed by atoms with Crippen molar-refractivity contribution in [3.8, 4) is 6.07 Å². The number of nitrogens with one attached hydrogen (secondary N) is 1. The van der Waals surface area contributed by atoms with Crippen molar-refractivity contribution in [2.24, 2.45) is 5.92 Å². The lowest BCUT2D eigenvalue weighted by atomic mass is 9.77. The van der Waals surface area contributed by atoms with Crippen molar-refractivity contribution in [2.45, 2.75) is 25.3 Å². The van der Waals surface area contributed by atoms with Crippen molar-refractivity contribution in [3.63, 3.8) is 0 Å². The number of aromatic nitrogens is 1. The molecule has 1 heterocycles. The van der Waals surface area contributed by atoms with Crippen LogP contribution in [0.1, 0.15) is 36.6 Å². The Balaban J connectivity index is 1.81. The molecule has 4 nitrogen and oxygen atoms in total. The van der Waals surface area contributed by atoms with E-state index in [2.05, 4.69) is 26.2 Å². The van der Waals surface area contributed by atoms with Gasteiger partial charge in [0, 0.05) is 0 Å². The lowest BCUT2D eigenvalue weighted by molar-refractivity contribution is -0.118. The number of hydrogen-bond donors (Lipinski definition) is 1. The Hall–Kier alpha value is -2.45. The van der Waals surface area contributed by atoms with Gasteiger partial charge in [-0.15, -0.1) is 0 Å². The monoisotopic (exact) mass is 395 g/mol. The molecule has 1 atom stereocenters. The van der Waals surface area contributed by atoms with Crippen molar-refractivity contribution >= 4 is 27.9 Å². The van der Waals surface area contributed by atoms with Gasteiger partial charge in [-0.25, -0.2) is 4.98 Å². The average molecular weight is 396 g/mol. The molecule has 1 saturated carbocycles. The highest BCUT2D eigenvalue weighted by atomic mass is 79.9. The summed E-state index contributed by atoms with van der Waals surface area (Å²) in [5.41, 5.74) is 1.71. The number of rotatable bonds is 5. The maximum atomic E-state index is 12.7. The van der Waals surface area contributed by atoms with Gasteiger partial charge in [-0.2, -0.15) is 5.26 Å². The zero-order valence-electron chi connectivity index (χ0n) is 13.7. The van der Waals surface area contributed by atoms with Gasteiger partial charge in [0.15, 0.2) is 0 Å². The standard InChI is InChI=1S/C20H18BrN3O/c21-18-11-5-10-17(23-18)12-16(13-22)20(25)24-19(15-8-4-9-15)14-6-2-1-3-7-14/h1-3,5-7,10-12,15,19H,4,8-9H2,(H,24,25)/b16-12+/t19-/m1/s1. The molecule has 0 aliphatic heterocycles. The van der Waals surface area contributed by atoms with Crippen LogP contribution in [0.5, 0.6) is 0 Å². The highest BCUT2D eigenvalue weighted by molar-refractivity contribution is 9.10. The zero-order chi connectivity index (χ0) is 17.6. The van der Waals surface area contributed by atoms with Crippen LogP contribution in [0.2, 0.25) is 0 Å². The molecule has 1 amide bonds. The predicted molar refractivity (Wildman–Crippen MR) is 100 cm³/mol. The van der Waals surface area contributed by atoms with Crippen LogP contribution in [0.4, 0.5) is 0 Å². The third-order valence-corrected chi connectivity index (χ3v) is 4.90. The highest BCUT2D eigenvalue weighted by Crippen LogP contribution is 2.37. The number of carbonyl (C=O) groups excluding carboxylic acids is 1. The van der Waals surface area contributed by atoms with Crippen LogP contribution in [0.25, 0.3) is 6.08 Å². The molecule has 1 aliphatic rings. The lowest BCUT2D eigenvalue weighted by Gasteiger charge is -2.34. The fourth-order valence-corrected chi connectivity index (χ4v) is 3.28. The normalized spacial score (nSPS) is 15.8. The molecule has 1 fully saturated rings. The van der Waals surface area contributed by atoms with Crippen LogP contribution in [0.15, 0.2) is 58.7 Å². The van der Waals surface area contributed by atoms with Crippen molar-refractivity contribution < 1.29 is 4.79 Å². The van der Waals surface area contributed by atoms with Crippen molar-refractivity contribution in [1.82, 2.24) is 10.3 Å². The first-order valence-corrected chi connectivity index (χ1v) is 9.07. The summed E-state index contributed by atoms with van der Waals surface area (Å²) in [4.78, 5) is 16.9. The van der Waals surface area contributed by atoms with Crippen molar-refractivity contribution in [3.05, 3.63) is 70.0 Å². The average Bonchev–Trinajstić information content (AvgIpc) is 2.58. The second-order valence-electron chi connectivity index (χ2n) is 6.11. The number of pyridine rings is 1. The maximum absolute atomic E-state index is 12.7. The summed E-state index contributed by atoms with van der Waals surface area (Å²) in [7, 11) is 0. The summed E-state index contributed by atoms with van der Waals surface area (Å²) in [6.07, 6.45) is 4.90. The van der Waals surface area contributed by atoms with E-state index < -0.39 is 0 Å². The fraction of sp³-hybridized carbons (Fsp3) is 0.250. The number of carbonyl (C=O) groups is 1. The van der Waals surface area contributed by atoms with Crippen LogP contribution in [-0.4, -0.2) is 10.9 Å². The van der Waals surface area contributed by atoms with Crippen molar-refractivity contribution in [1.29, 1.82) is 5.26 Å². The Labute approximate surface area is 155 Å². The molecule has 1 aromatic carbocycles. The summed E-state index contributed by atoms with van der Waals surface area (Å²) < 4.78 is 0.663. The van der Waals surface area contributed by atoms with Crippen molar-refractivity contribution in [2.75, 3.05) is 0 Å². The molecule has 3 rings (SSSR count). The van der Waals surface area contributed by atoms with Crippen LogP contribution in [0, 0.1) is 17.2 Å². The highest BCUT2D eigenvalue weighted by Gasteiger charge is 2.30. The molecular formula is C20H18BrN3O. The fourth-order valence-electron chi connectivity index (χ4n) is 2.93. The minimum absolute atomic E-state index is 0.0605. The van der Waals surface area contributed by atoms with E-state index in [0.717, 1.165) is 18.4 Å². The molecule has 0 bridgehead atoms. The Kier molecular flexibility index (Phi) is 5.62. The molecule has 1 aliphatic carbocycles. The third kappa shape index (κ3) is 4.34. The zero-order valence-corrected chi connectivity index (χ0v) is 15.2. The van der Waals surface area contributed by atoms with E-state index in [4.69, 9.17) is 0 Å². The summed E-state index contributed by atoms with van der Waals surface area (Å²) in [6.45, 7) is 0. The van der Waals surface area contributed by atoms with E-state index in [9.17, 15) is 10.1 Å². The molecule has 2 aromatic rings. The summed E-state index contributed by atoms with van der Waals surface area (Å²) in [5, 5.41) is 12.5. The SMILES string of the molecule is N#C/C(=C\c1cccc(Br)n1)C(=O)N[C@H](c1ccccc1)C1CCC1. The topological polar surface area (TPSA) is 65.8 Å². The Morgan fingerprint density at radius 3 is 2.60 bits per heavy atom. The molecule has 126 valence electrons. The van der Waals surface area contributed by atoms with Gasteiger partial charge in [-0.3, -0.25) is 4.79 Å². The molecule has 0 radical (unpaired) electrons. The van der Waals surface area contributed by atoms with E-state index in [0.29, 0.717) is 16.2 Å². The minimum Gasteiger partial charge on any atom is -0.344 e. The van der Waals surface area contributed by atoms with Crippen LogP contribution in [0.3, 0.4) is 0 Å². The molecule has 1 N–H and O–H groups in total. The molecular weight excluding hydrogens is 378 g/mol. The molecule has 5 heteroatoms. The smallest absolute Gasteiger partial charge is 0.262 e. The summed E-state index contributed by atoms with van der Waals surface area (Å²) in [6, 6.07) is 17.3. The van der Waals surface area contributed by atoms with E-state index in [1.54, 1.807) is 12.1 Å². The largest absolute Gasteiger partial charge is 0.344 e. The summed E-state index contributed by atoms with van der Waals surface area (Å²) in [5.74, 6) is 0.0697. The van der Waals surface area contributed by atoms with Gasteiger partial charge >= 0.3 is 0 Å². The number of halogens is 1. The Morgan fingerprint density at radius 2 is 2.00 bits per heavy atom. The number of benzene rings is 1. The number of hydrogen-bond acceptors (Lipinski definition) is 3. The van der Waals surface area contributed by atoms with Gasteiger partial charge in [-0.1, -0.05) is 42.8 Å². The van der Waals surface area contributed by atoms with E-state index >= 15 is 0 Å². The number of nitrogens with zero attached hydrogens (tertiary/aromatic N) is 2. The molecule has 0 saturated heterocycles. The van der Waals surface area contributed by atoms with E-state index in [1.807, 2.05) is 42.5 Å². The molecule has 0 spiro atoms. The Morgan fingerprint density at radius 1 is 1.24 bits per heavy atom. The van der Waals surface area contributed by atoms with Gasteiger partial charge < -0.3 is 5.32 Å². The van der Waals surface area contributed by atoms with Gasteiger partial charge in [0.25, 0.3) is 5.91 Å². The van der Waals surface area contributed by atoms with Gasteiger partial charge in [0.1, 0.15) is 16.2 Å². The molecule has 25 heavy (non-hydrogen) atoms. The first-order valence-electron chi connectivity index (χ1n) is 8.27. The van der Waals surface area contributed by atoms with Crippen LogP contribution >= 0.6 is 15.9 Å². The first kappa shape index (κ1) is 17.4. The Bertz CT molecular complexity index is 822. The summed E-state index contributed by atoms with van der Waals surface area (Å²) >= 11 is 3.29. The number of nitriles is 1. The van der Waals surface area contributed by atoms with E-state index in [1.165, 1.54) is 12.5 Å². The van der Waals surface area contributed by atoms with Gasteiger partial charge in [0.2, 0.25) is 0 Å².